The Bertz CT molecular complexity index is 389. The van der Waals surface area contributed by atoms with Crippen LogP contribution in [0.2, 0.25) is 0 Å². The van der Waals surface area contributed by atoms with Crippen LogP contribution < -0.4 is 5.32 Å². The lowest BCUT2D eigenvalue weighted by atomic mass is 10.1. The van der Waals surface area contributed by atoms with Gasteiger partial charge in [-0.15, -0.1) is 0 Å². The number of hydrogen-bond acceptors (Lipinski definition) is 3. The van der Waals surface area contributed by atoms with Crippen molar-refractivity contribution in [3.63, 3.8) is 0 Å². The largest absolute Gasteiger partial charge is 0.380 e. The molecule has 0 amide bonds. The van der Waals surface area contributed by atoms with Crippen LogP contribution in [0.1, 0.15) is 24.8 Å². The molecule has 2 fully saturated rings. The summed E-state index contributed by atoms with van der Waals surface area (Å²) in [4.78, 5) is 2.59. The zero-order valence-electron chi connectivity index (χ0n) is 12.3. The van der Waals surface area contributed by atoms with E-state index in [-0.39, 0.29) is 0 Å². The van der Waals surface area contributed by atoms with Crippen LogP contribution in [0.3, 0.4) is 0 Å². The van der Waals surface area contributed by atoms with Gasteiger partial charge < -0.3 is 15.0 Å². The number of likely N-dealkylation sites (tertiary alicyclic amines) is 1. The number of nitrogens with one attached hydrogen (secondary N) is 1. The Hall–Kier alpha value is -0.900. The maximum Gasteiger partial charge on any atom is 0.0619 e. The van der Waals surface area contributed by atoms with Gasteiger partial charge in [0.2, 0.25) is 0 Å². The van der Waals surface area contributed by atoms with Crippen molar-refractivity contribution in [1.82, 2.24) is 10.2 Å². The van der Waals surface area contributed by atoms with Gasteiger partial charge in [-0.05, 0) is 37.8 Å². The molecule has 1 aromatic carbocycles. The van der Waals surface area contributed by atoms with Crippen molar-refractivity contribution in [2.75, 3.05) is 32.8 Å². The summed E-state index contributed by atoms with van der Waals surface area (Å²) >= 11 is 0. The highest BCUT2D eigenvalue weighted by molar-refractivity contribution is 5.14. The smallest absolute Gasteiger partial charge is 0.0619 e. The molecule has 0 spiro atoms. The molecule has 0 saturated carbocycles. The Balaban J connectivity index is 1.38. The summed E-state index contributed by atoms with van der Waals surface area (Å²) in [5, 5.41) is 3.78. The van der Waals surface area contributed by atoms with E-state index in [2.05, 4.69) is 40.5 Å². The van der Waals surface area contributed by atoms with E-state index in [0.29, 0.717) is 12.1 Å². The molecule has 2 aliphatic heterocycles. The lowest BCUT2D eigenvalue weighted by molar-refractivity contribution is 0.0666. The SMILES string of the molecule is c1ccc(CCN2CCC(NC3CCCOC3)C2)cc1. The Morgan fingerprint density at radius 1 is 1.15 bits per heavy atom. The van der Waals surface area contributed by atoms with Gasteiger partial charge in [-0.1, -0.05) is 30.3 Å². The van der Waals surface area contributed by atoms with Crippen molar-refractivity contribution >= 4 is 0 Å². The second-order valence-electron chi connectivity index (χ2n) is 6.10. The molecule has 0 bridgehead atoms. The van der Waals surface area contributed by atoms with Gasteiger partial charge in [-0.25, -0.2) is 0 Å². The second kappa shape index (κ2) is 7.21. The summed E-state index contributed by atoms with van der Waals surface area (Å²) in [6, 6.07) is 12.1. The summed E-state index contributed by atoms with van der Waals surface area (Å²) in [6.45, 7) is 5.47. The highest BCUT2D eigenvalue weighted by Gasteiger charge is 2.25. The molecule has 2 heterocycles. The first kappa shape index (κ1) is 14.1. The number of ether oxygens (including phenoxy) is 1. The monoisotopic (exact) mass is 274 g/mol. The highest BCUT2D eigenvalue weighted by Crippen LogP contribution is 2.14. The first-order valence-corrected chi connectivity index (χ1v) is 8.00. The molecule has 0 radical (unpaired) electrons. The summed E-state index contributed by atoms with van der Waals surface area (Å²) < 4.78 is 5.55. The van der Waals surface area contributed by atoms with E-state index < -0.39 is 0 Å². The molecule has 1 N–H and O–H groups in total. The molecule has 3 nitrogen and oxygen atoms in total. The van der Waals surface area contributed by atoms with Crippen LogP contribution >= 0.6 is 0 Å². The minimum absolute atomic E-state index is 0.586. The average molecular weight is 274 g/mol. The molecule has 2 saturated heterocycles. The van der Waals surface area contributed by atoms with Gasteiger partial charge in [0.1, 0.15) is 0 Å². The zero-order valence-corrected chi connectivity index (χ0v) is 12.3. The van der Waals surface area contributed by atoms with Crippen molar-refractivity contribution in [3.05, 3.63) is 35.9 Å². The van der Waals surface area contributed by atoms with Crippen molar-refractivity contribution < 1.29 is 4.74 Å². The first-order chi connectivity index (χ1) is 9.90. The topological polar surface area (TPSA) is 24.5 Å². The van der Waals surface area contributed by atoms with Crippen LogP contribution in [0.15, 0.2) is 30.3 Å². The average Bonchev–Trinajstić information content (AvgIpc) is 2.95. The fraction of sp³-hybridized carbons (Fsp3) is 0.647. The van der Waals surface area contributed by atoms with E-state index in [0.717, 1.165) is 13.2 Å². The maximum absolute atomic E-state index is 5.55. The normalized spacial score (nSPS) is 27.8. The molecule has 1 aromatic rings. The van der Waals surface area contributed by atoms with Crippen LogP contribution in [0.4, 0.5) is 0 Å². The molecule has 2 aliphatic rings. The van der Waals surface area contributed by atoms with Gasteiger partial charge in [-0.2, -0.15) is 0 Å². The Morgan fingerprint density at radius 3 is 2.85 bits per heavy atom. The van der Waals surface area contributed by atoms with Gasteiger partial charge in [0.25, 0.3) is 0 Å². The fourth-order valence-electron chi connectivity index (χ4n) is 3.31. The Labute approximate surface area is 122 Å². The van der Waals surface area contributed by atoms with Crippen LogP contribution in [0.5, 0.6) is 0 Å². The predicted octanol–water partition coefficient (Wildman–Crippen LogP) is 2.07. The second-order valence-corrected chi connectivity index (χ2v) is 6.10. The number of benzene rings is 1. The number of nitrogens with zero attached hydrogens (tertiary/aromatic N) is 1. The standard InChI is InChI=1S/C17H26N2O/c1-2-5-15(6-3-1)8-10-19-11-9-16(13-19)18-17-7-4-12-20-14-17/h1-3,5-6,16-18H,4,7-14H2. The number of rotatable bonds is 5. The third kappa shape index (κ3) is 4.05. The predicted molar refractivity (Wildman–Crippen MR) is 82.0 cm³/mol. The maximum atomic E-state index is 5.55. The molecule has 3 heteroatoms. The minimum Gasteiger partial charge on any atom is -0.380 e. The fourth-order valence-corrected chi connectivity index (χ4v) is 3.31. The van der Waals surface area contributed by atoms with Crippen LogP contribution in [0, 0.1) is 0 Å². The van der Waals surface area contributed by atoms with E-state index in [1.165, 1.54) is 50.9 Å². The van der Waals surface area contributed by atoms with Gasteiger partial charge >= 0.3 is 0 Å². The van der Waals surface area contributed by atoms with Gasteiger partial charge in [0, 0.05) is 31.8 Å². The number of hydrogen-bond donors (Lipinski definition) is 1. The van der Waals surface area contributed by atoms with Crippen molar-refractivity contribution in [1.29, 1.82) is 0 Å². The highest BCUT2D eigenvalue weighted by atomic mass is 16.5. The summed E-state index contributed by atoms with van der Waals surface area (Å²) in [6.07, 6.45) is 4.94. The zero-order chi connectivity index (χ0) is 13.6. The molecule has 2 unspecified atom stereocenters. The van der Waals surface area contributed by atoms with E-state index in [9.17, 15) is 0 Å². The lowest BCUT2D eigenvalue weighted by Crippen LogP contribution is -2.44. The molecular weight excluding hydrogens is 248 g/mol. The van der Waals surface area contributed by atoms with Gasteiger partial charge in [0.15, 0.2) is 0 Å². The molecule has 110 valence electrons. The Morgan fingerprint density at radius 2 is 2.05 bits per heavy atom. The minimum atomic E-state index is 0.586. The molecular formula is C17H26N2O. The molecule has 3 rings (SSSR count). The van der Waals surface area contributed by atoms with E-state index >= 15 is 0 Å². The van der Waals surface area contributed by atoms with Crippen molar-refractivity contribution in [2.45, 2.75) is 37.8 Å². The summed E-state index contributed by atoms with van der Waals surface area (Å²) in [5.41, 5.74) is 1.45. The summed E-state index contributed by atoms with van der Waals surface area (Å²) in [7, 11) is 0. The quantitative estimate of drug-likeness (QED) is 0.889. The molecule has 20 heavy (non-hydrogen) atoms. The van der Waals surface area contributed by atoms with Gasteiger partial charge in [0.05, 0.1) is 6.61 Å². The first-order valence-electron chi connectivity index (χ1n) is 8.00. The molecule has 2 atom stereocenters. The molecule has 0 aromatic heterocycles. The Kier molecular flexibility index (Phi) is 5.06. The van der Waals surface area contributed by atoms with E-state index in [1.807, 2.05) is 0 Å². The van der Waals surface area contributed by atoms with Crippen LogP contribution in [-0.4, -0.2) is 49.8 Å². The van der Waals surface area contributed by atoms with E-state index in [1.54, 1.807) is 0 Å². The van der Waals surface area contributed by atoms with Crippen molar-refractivity contribution in [3.8, 4) is 0 Å². The summed E-state index contributed by atoms with van der Waals surface area (Å²) in [5.74, 6) is 0. The van der Waals surface area contributed by atoms with Crippen LogP contribution in [-0.2, 0) is 11.2 Å². The lowest BCUT2D eigenvalue weighted by Gasteiger charge is -2.26. The van der Waals surface area contributed by atoms with E-state index in [4.69, 9.17) is 4.74 Å². The third-order valence-corrected chi connectivity index (χ3v) is 4.46. The van der Waals surface area contributed by atoms with Crippen LogP contribution in [0.25, 0.3) is 0 Å². The third-order valence-electron chi connectivity index (χ3n) is 4.46. The van der Waals surface area contributed by atoms with Crippen molar-refractivity contribution in [2.24, 2.45) is 0 Å². The van der Waals surface area contributed by atoms with Gasteiger partial charge in [-0.3, -0.25) is 0 Å². The molecule has 0 aliphatic carbocycles.